The molecule has 0 aliphatic rings. The number of H-pyrrole nitrogens is 8. The van der Waals surface area contributed by atoms with E-state index in [2.05, 4.69) is 75.2 Å². The molecule has 0 aliphatic carbocycles. The molecule has 14 aromatic rings. The smallest absolute Gasteiger partial charge is 0.466 e. The summed E-state index contributed by atoms with van der Waals surface area (Å²) in [7, 11) is -1.34. The zero-order chi connectivity index (χ0) is 87.0. The highest BCUT2D eigenvalue weighted by molar-refractivity contribution is 6.58. The van der Waals surface area contributed by atoms with E-state index in [1.807, 2.05) is 145 Å². The first-order chi connectivity index (χ1) is 57.7. The number of ketones is 1. The minimum atomic E-state index is -1.34. The predicted octanol–water partition coefficient (Wildman–Crippen LogP) is 9.98. The predicted molar refractivity (Wildman–Crippen MR) is 459 cm³/mol. The van der Waals surface area contributed by atoms with Crippen molar-refractivity contribution in [2.45, 2.75) is 66.7 Å². The Morgan fingerprint density at radius 1 is 0.425 bits per heavy atom. The second kappa shape index (κ2) is 48.7. The third-order valence-electron chi connectivity index (χ3n) is 15.3. The SMILES string of the molecule is CCOC(=O)CC(=O)CCl.CCOC(=O)Cc1cc2c(=O)[nH]c(=O)[nH]c2[nH]1.CCOC(=O)Cc1cc2c(Cl)nc(Cl)nc2[nH]1.CCOC(=O)Cc1cc2c(Nc3ccccc3)nc(-c3ccccc3)nc2[nH]1.CCOC(=O)Cc1cc2c(Nc3ccccc3)nc(Cl)nc2[nH]1.Nc1cc(=O)[nH]c(=O)[nH]1.Nc1ccccc1.OB(O)c1ccccc1. The molecule has 0 bridgehead atoms. The number of hydrogen-bond donors (Lipinski definition) is 14. The van der Waals surface area contributed by atoms with Crippen molar-refractivity contribution in [3.63, 3.8) is 0 Å². The van der Waals surface area contributed by atoms with Gasteiger partial charge in [0.15, 0.2) is 11.6 Å². The number of nitrogen functional groups attached to an aromatic ring is 2. The number of halogens is 4. The number of alkyl halides is 1. The summed E-state index contributed by atoms with van der Waals surface area (Å²) in [6.45, 7) is 10.4. The third-order valence-corrected chi connectivity index (χ3v) is 16.2. The normalized spacial score (nSPS) is 10.2. The van der Waals surface area contributed by atoms with Crippen LogP contribution < -0.4 is 50.1 Å². The van der Waals surface area contributed by atoms with Crippen LogP contribution >= 0.6 is 46.4 Å². The Morgan fingerprint density at radius 3 is 1.24 bits per heavy atom. The maximum atomic E-state index is 11.9. The lowest BCUT2D eigenvalue weighted by molar-refractivity contribution is -0.146. The van der Waals surface area contributed by atoms with Gasteiger partial charge in [-0.05, 0) is 124 Å². The summed E-state index contributed by atoms with van der Waals surface area (Å²) in [6.07, 6.45) is 0.266. The van der Waals surface area contributed by atoms with Crippen molar-refractivity contribution in [2.24, 2.45) is 0 Å². The van der Waals surface area contributed by atoms with Gasteiger partial charge in [0, 0.05) is 51.5 Å². The number of carbonyl (C=O) groups is 6. The minimum Gasteiger partial charge on any atom is -0.466 e. The van der Waals surface area contributed by atoms with Crippen molar-refractivity contribution in [1.82, 2.24) is 69.8 Å². The molecule has 0 spiro atoms. The number of fused-ring (bicyclic) bond motifs is 4. The third kappa shape index (κ3) is 31.7. The molecule has 0 amide bonds. The number of anilines is 6. The van der Waals surface area contributed by atoms with Crippen LogP contribution in [0.1, 0.15) is 63.8 Å². The van der Waals surface area contributed by atoms with Gasteiger partial charge in [-0.15, -0.1) is 11.6 Å². The maximum Gasteiger partial charge on any atom is 0.488 e. The van der Waals surface area contributed by atoms with Crippen molar-refractivity contribution in [3.8, 4) is 11.4 Å². The molecule has 0 radical (unpaired) electrons. The molecule has 5 aromatic carbocycles. The largest absolute Gasteiger partial charge is 0.488 e. The fourth-order valence-electron chi connectivity index (χ4n) is 10.3. The second-order valence-corrected chi connectivity index (χ2v) is 25.7. The van der Waals surface area contributed by atoms with E-state index in [1.165, 1.54) is 6.07 Å². The van der Waals surface area contributed by atoms with E-state index in [1.54, 1.807) is 65.0 Å². The Balaban J connectivity index is 0.000000197. The summed E-state index contributed by atoms with van der Waals surface area (Å²) < 4.78 is 24.1. The van der Waals surface area contributed by atoms with Crippen molar-refractivity contribution in [1.29, 1.82) is 0 Å². The molecular weight excluding hydrogens is 1640 g/mol. The van der Waals surface area contributed by atoms with Gasteiger partial charge in [0.05, 0.1) is 86.1 Å². The van der Waals surface area contributed by atoms with Gasteiger partial charge in [-0.2, -0.15) is 15.0 Å². The minimum absolute atomic E-state index is 0.0317. The molecule has 0 fully saturated rings. The highest BCUT2D eigenvalue weighted by Crippen LogP contribution is 2.30. The number of para-hydroxylation sites is 3. The molecule has 120 heavy (non-hydrogen) atoms. The van der Waals surface area contributed by atoms with Gasteiger partial charge in [0.1, 0.15) is 51.6 Å². The fraction of sp³-hybridized carbons (Fsp3) is 0.200. The lowest BCUT2D eigenvalue weighted by Gasteiger charge is -2.09. The number of carbonyl (C=O) groups excluding carboxylic acids is 6. The van der Waals surface area contributed by atoms with Crippen LogP contribution in [0.3, 0.4) is 0 Å². The van der Waals surface area contributed by atoms with Crippen LogP contribution in [0.2, 0.25) is 15.7 Å². The Bertz CT molecular complexity index is 5890. The first-order valence-corrected chi connectivity index (χ1v) is 38.2. The van der Waals surface area contributed by atoms with Crippen LogP contribution in [0.4, 0.5) is 34.5 Å². The van der Waals surface area contributed by atoms with Gasteiger partial charge in [-0.25, -0.2) is 24.5 Å². The number of nitrogens with two attached hydrogens (primary N) is 2. The number of aromatic amines is 8. The number of aromatic nitrogens is 14. The zero-order valence-corrected chi connectivity index (χ0v) is 68.1. The summed E-state index contributed by atoms with van der Waals surface area (Å²) in [4.78, 5) is 156. The number of benzene rings is 5. The molecule has 0 unspecified atom stereocenters. The molecule has 14 rings (SSSR count). The standard InChI is InChI=1S/C22H20N4O2.C16H15ClN4O2.C10H9Cl2N3O2.C10H11N3O4.C6H7BO2.C6H9ClO3.C6H7N.C4H5N3O2/c1-2-28-19(27)14-17-13-18-21(23-16-11-7-4-8-12-16)25-20(26-22(18)24-17)15-9-5-3-6-10-15;1-2-23-13(22)9-11-8-12-14(18-10-6-4-3-5-7-10)20-16(17)21-15(12)19-11;1-2-17-7(16)4-5-3-6-8(11)14-10(12)15-9(6)13-5;1-2-17-7(14)4-5-3-6-8(11-5)12-10(16)13-9(6)15;8-7(9)6-4-2-1-3-5-6;1-2-10-6(9)3-5(8)4-7;7-6-4-2-1-3-5-6;5-2-1-3(8)7-4(9)6-2/h3-13H,2,14H2,1H3,(H2,23,24,25,26);3-8H,2,9H2,1H3,(H2,18,19,20,21);3H,2,4H2,1H3,(H,13,14,15);3H,2,4H2,1H3,(H3,11,12,13,15,16);1-5,8-9H;2-4H2,1H3;1-5H,7H2;1H,(H4,5,6,7,8,9). The van der Waals surface area contributed by atoms with Gasteiger partial charge < -0.3 is 75.8 Å². The van der Waals surface area contributed by atoms with E-state index in [9.17, 15) is 47.9 Å². The monoisotopic (exact) mass is 1720 g/mol. The summed E-state index contributed by atoms with van der Waals surface area (Å²) in [6, 6.07) is 55.4. The Labute approximate surface area is 702 Å². The van der Waals surface area contributed by atoms with Crippen molar-refractivity contribution < 1.29 is 62.5 Å². The Hall–Kier alpha value is -13.8. The number of Topliss-reactive ketones (excluding diaryl/α,β-unsaturated/α-hetero) is 1. The average molecular weight is 1720 g/mol. The van der Waals surface area contributed by atoms with E-state index < -0.39 is 41.6 Å². The number of nitrogens with zero attached hydrogens (tertiary/aromatic N) is 6. The molecular formula is C80H83BCl4N18O17. The van der Waals surface area contributed by atoms with Crippen LogP contribution in [0.15, 0.2) is 201 Å². The molecule has 16 N–H and O–H groups in total. The fourth-order valence-corrected chi connectivity index (χ4v) is 11.0. The van der Waals surface area contributed by atoms with Gasteiger partial charge >= 0.3 is 48.3 Å². The van der Waals surface area contributed by atoms with Crippen molar-refractivity contribution >= 4 is 173 Å². The number of ether oxygens (including phenoxy) is 5. The van der Waals surface area contributed by atoms with Crippen molar-refractivity contribution in [3.05, 3.63) is 262 Å². The van der Waals surface area contributed by atoms with E-state index in [-0.39, 0.29) is 83.2 Å². The quantitative estimate of drug-likeness (QED) is 0.00438. The van der Waals surface area contributed by atoms with Gasteiger partial charge in [0.2, 0.25) is 10.6 Å². The number of rotatable bonds is 22. The topological polar surface area (TPSA) is 537 Å². The zero-order valence-electron chi connectivity index (χ0n) is 65.0. The summed E-state index contributed by atoms with van der Waals surface area (Å²) in [5.41, 5.74) is 17.0. The maximum absolute atomic E-state index is 11.9. The molecule has 35 nitrogen and oxygen atoms in total. The number of esters is 5. The van der Waals surface area contributed by atoms with Gasteiger partial charge in [-0.3, -0.25) is 58.3 Å². The van der Waals surface area contributed by atoms with Gasteiger partial charge in [0.25, 0.3) is 11.1 Å². The van der Waals surface area contributed by atoms with Crippen LogP contribution in [0.5, 0.6) is 0 Å². The summed E-state index contributed by atoms with van der Waals surface area (Å²) >= 11 is 22.7. The highest BCUT2D eigenvalue weighted by atomic mass is 35.5. The first-order valence-electron chi connectivity index (χ1n) is 36.5. The first kappa shape index (κ1) is 93.4. The Kier molecular flexibility index (Phi) is 37.9. The van der Waals surface area contributed by atoms with E-state index in [4.69, 9.17) is 91.9 Å². The molecule has 9 heterocycles. The molecule has 40 heteroatoms. The molecule has 0 aliphatic heterocycles. The van der Waals surface area contributed by atoms with Crippen LogP contribution in [0.25, 0.3) is 55.5 Å². The van der Waals surface area contributed by atoms with Crippen LogP contribution in [0, 0.1) is 0 Å². The lowest BCUT2D eigenvalue weighted by Crippen LogP contribution is -2.29. The number of nitrogens with one attached hydrogen (secondary N) is 10. The molecule has 0 saturated heterocycles. The summed E-state index contributed by atoms with van der Waals surface area (Å²) in [5.74, 6) is -0.267. The van der Waals surface area contributed by atoms with E-state index in [0.29, 0.717) is 106 Å². The molecule has 0 saturated carbocycles. The van der Waals surface area contributed by atoms with Crippen LogP contribution in [-0.2, 0) is 78.1 Å². The summed E-state index contributed by atoms with van der Waals surface area (Å²) in [5, 5.41) is 26.7. The average Bonchev–Trinajstić information content (AvgIpc) is 1.67. The molecule has 9 aromatic heterocycles. The Morgan fingerprint density at radius 2 is 0.817 bits per heavy atom. The molecule has 0 atom stereocenters. The second-order valence-electron chi connectivity index (χ2n) is 24.4. The number of hydrogen-bond acceptors (Lipinski definition) is 27. The highest BCUT2D eigenvalue weighted by Gasteiger charge is 2.19. The van der Waals surface area contributed by atoms with Crippen molar-refractivity contribution in [2.75, 3.05) is 61.0 Å². The van der Waals surface area contributed by atoms with E-state index in [0.717, 1.165) is 45.2 Å². The lowest BCUT2D eigenvalue weighted by atomic mass is 9.81. The van der Waals surface area contributed by atoms with E-state index >= 15 is 0 Å². The van der Waals surface area contributed by atoms with Crippen LogP contribution in [-0.4, -0.2) is 161 Å². The molecule has 626 valence electrons. The van der Waals surface area contributed by atoms with Gasteiger partial charge in [-0.1, -0.05) is 127 Å².